The van der Waals surface area contributed by atoms with Gasteiger partial charge in [-0.05, 0) is 30.2 Å². The van der Waals surface area contributed by atoms with Gasteiger partial charge in [0.1, 0.15) is 0 Å². The van der Waals surface area contributed by atoms with Crippen LogP contribution in [0.5, 0.6) is 0 Å². The maximum absolute atomic E-state index is 11.5. The molecule has 0 spiro atoms. The van der Waals surface area contributed by atoms with Crippen molar-refractivity contribution in [2.45, 2.75) is 13.8 Å². The molecular weight excluding hydrogens is 242 g/mol. The molecule has 1 amide bonds. The molecule has 0 heterocycles. The highest BCUT2D eigenvalue weighted by molar-refractivity contribution is 9.10. The Balaban J connectivity index is 2.57. The number of hydrogen-bond donors (Lipinski definition) is 1. The average Bonchev–Trinajstić information content (AvgIpc) is 2.15. The largest absolute Gasteiger partial charge is 0.352 e. The minimum atomic E-state index is -0.00815. The molecule has 14 heavy (non-hydrogen) atoms. The van der Waals surface area contributed by atoms with Crippen LogP contribution in [0.25, 0.3) is 0 Å². The molecule has 0 aliphatic rings. The Morgan fingerprint density at radius 3 is 2.43 bits per heavy atom. The molecule has 0 saturated heterocycles. The number of amides is 1. The first-order valence-electron chi connectivity index (χ1n) is 4.63. The first kappa shape index (κ1) is 11.2. The number of benzene rings is 1. The minimum Gasteiger partial charge on any atom is -0.352 e. The summed E-state index contributed by atoms with van der Waals surface area (Å²) in [5.41, 5.74) is 0.703. The highest BCUT2D eigenvalue weighted by atomic mass is 79.9. The van der Waals surface area contributed by atoms with E-state index in [1.807, 2.05) is 12.1 Å². The fraction of sp³-hybridized carbons (Fsp3) is 0.364. The van der Waals surface area contributed by atoms with Gasteiger partial charge in [0.05, 0.1) is 0 Å². The average molecular weight is 256 g/mol. The van der Waals surface area contributed by atoms with E-state index in [4.69, 9.17) is 0 Å². The summed E-state index contributed by atoms with van der Waals surface area (Å²) in [6.07, 6.45) is 0. The molecule has 0 fully saturated rings. The predicted molar refractivity (Wildman–Crippen MR) is 61.3 cm³/mol. The van der Waals surface area contributed by atoms with Crippen molar-refractivity contribution >= 4 is 21.8 Å². The minimum absolute atomic E-state index is 0.00815. The van der Waals surface area contributed by atoms with E-state index in [1.165, 1.54) is 0 Å². The van der Waals surface area contributed by atoms with E-state index in [1.54, 1.807) is 12.1 Å². The van der Waals surface area contributed by atoms with Gasteiger partial charge in [0.25, 0.3) is 5.91 Å². The van der Waals surface area contributed by atoms with Gasteiger partial charge >= 0.3 is 0 Å². The maximum Gasteiger partial charge on any atom is 0.251 e. The molecule has 0 unspecified atom stereocenters. The van der Waals surface area contributed by atoms with Crippen LogP contribution < -0.4 is 5.32 Å². The molecule has 3 heteroatoms. The first-order valence-corrected chi connectivity index (χ1v) is 5.42. The van der Waals surface area contributed by atoms with Crippen LogP contribution in [-0.4, -0.2) is 12.5 Å². The van der Waals surface area contributed by atoms with Crippen molar-refractivity contribution in [2.75, 3.05) is 6.54 Å². The van der Waals surface area contributed by atoms with Gasteiger partial charge in [-0.2, -0.15) is 0 Å². The second-order valence-corrected chi connectivity index (χ2v) is 4.53. The van der Waals surface area contributed by atoms with E-state index in [2.05, 4.69) is 35.1 Å². The third kappa shape index (κ3) is 3.50. The van der Waals surface area contributed by atoms with Crippen molar-refractivity contribution in [3.8, 4) is 0 Å². The summed E-state index contributed by atoms with van der Waals surface area (Å²) in [6.45, 7) is 4.86. The first-order chi connectivity index (χ1) is 6.59. The van der Waals surface area contributed by atoms with Crippen LogP contribution in [0.1, 0.15) is 24.2 Å². The number of hydrogen-bond acceptors (Lipinski definition) is 1. The van der Waals surface area contributed by atoms with Crippen molar-refractivity contribution in [3.63, 3.8) is 0 Å². The van der Waals surface area contributed by atoms with Crippen molar-refractivity contribution in [1.29, 1.82) is 0 Å². The van der Waals surface area contributed by atoms with Crippen molar-refractivity contribution in [1.82, 2.24) is 5.32 Å². The Morgan fingerprint density at radius 2 is 1.93 bits per heavy atom. The third-order valence-electron chi connectivity index (χ3n) is 1.78. The monoisotopic (exact) mass is 255 g/mol. The molecule has 0 saturated carbocycles. The van der Waals surface area contributed by atoms with Crippen LogP contribution in [0, 0.1) is 5.92 Å². The molecule has 1 aromatic carbocycles. The lowest BCUT2D eigenvalue weighted by Gasteiger charge is -2.07. The molecule has 0 radical (unpaired) electrons. The smallest absolute Gasteiger partial charge is 0.251 e. The van der Waals surface area contributed by atoms with Gasteiger partial charge in [-0.15, -0.1) is 0 Å². The maximum atomic E-state index is 11.5. The Kier molecular flexibility index (Phi) is 4.14. The zero-order valence-electron chi connectivity index (χ0n) is 8.38. The van der Waals surface area contributed by atoms with Crippen molar-refractivity contribution in [2.24, 2.45) is 5.92 Å². The SMILES string of the molecule is CC(C)CNC(=O)c1ccc(Br)cc1. The van der Waals surface area contributed by atoms with E-state index >= 15 is 0 Å². The molecule has 0 bridgehead atoms. The Morgan fingerprint density at radius 1 is 1.36 bits per heavy atom. The Hall–Kier alpha value is -0.830. The summed E-state index contributed by atoms with van der Waals surface area (Å²) in [6, 6.07) is 7.34. The molecule has 0 aromatic heterocycles. The van der Waals surface area contributed by atoms with E-state index in [0.29, 0.717) is 11.5 Å². The van der Waals surface area contributed by atoms with Crippen LogP contribution in [0.15, 0.2) is 28.7 Å². The lowest BCUT2D eigenvalue weighted by atomic mass is 10.2. The molecule has 2 nitrogen and oxygen atoms in total. The number of halogens is 1. The standard InChI is InChI=1S/C11H14BrNO/c1-8(2)7-13-11(14)9-3-5-10(12)6-4-9/h3-6,8H,7H2,1-2H3,(H,13,14). The molecule has 0 atom stereocenters. The zero-order valence-corrected chi connectivity index (χ0v) is 9.97. The second kappa shape index (κ2) is 5.15. The molecule has 0 aliphatic heterocycles. The van der Waals surface area contributed by atoms with Gasteiger partial charge in [-0.25, -0.2) is 0 Å². The van der Waals surface area contributed by atoms with E-state index in [-0.39, 0.29) is 5.91 Å². The normalized spacial score (nSPS) is 10.3. The van der Waals surface area contributed by atoms with Crippen LogP contribution in [0.3, 0.4) is 0 Å². The second-order valence-electron chi connectivity index (χ2n) is 3.61. The van der Waals surface area contributed by atoms with Gasteiger partial charge in [0.2, 0.25) is 0 Å². The lowest BCUT2D eigenvalue weighted by molar-refractivity contribution is 0.0949. The summed E-state index contributed by atoms with van der Waals surface area (Å²) in [5, 5.41) is 2.86. The molecule has 1 N–H and O–H groups in total. The third-order valence-corrected chi connectivity index (χ3v) is 2.31. The van der Waals surface area contributed by atoms with Crippen LogP contribution in [0.2, 0.25) is 0 Å². The Labute approximate surface area is 92.8 Å². The fourth-order valence-electron chi connectivity index (χ4n) is 1.00. The number of carbonyl (C=O) groups is 1. The molecule has 1 aromatic rings. The molecule has 76 valence electrons. The van der Waals surface area contributed by atoms with E-state index < -0.39 is 0 Å². The summed E-state index contributed by atoms with van der Waals surface area (Å²) in [4.78, 5) is 11.5. The lowest BCUT2D eigenvalue weighted by Crippen LogP contribution is -2.27. The summed E-state index contributed by atoms with van der Waals surface area (Å²) in [5.74, 6) is 0.473. The quantitative estimate of drug-likeness (QED) is 0.885. The zero-order chi connectivity index (χ0) is 10.6. The summed E-state index contributed by atoms with van der Waals surface area (Å²) < 4.78 is 0.984. The predicted octanol–water partition coefficient (Wildman–Crippen LogP) is 2.83. The van der Waals surface area contributed by atoms with Gasteiger partial charge in [0.15, 0.2) is 0 Å². The summed E-state index contributed by atoms with van der Waals surface area (Å²) >= 11 is 3.33. The highest BCUT2D eigenvalue weighted by Gasteiger charge is 2.04. The molecular formula is C11H14BrNO. The fourth-order valence-corrected chi connectivity index (χ4v) is 1.26. The van der Waals surface area contributed by atoms with Crippen LogP contribution >= 0.6 is 15.9 Å². The number of carbonyl (C=O) groups excluding carboxylic acids is 1. The Bertz CT molecular complexity index is 306. The van der Waals surface area contributed by atoms with Gasteiger partial charge in [0, 0.05) is 16.6 Å². The number of nitrogens with one attached hydrogen (secondary N) is 1. The van der Waals surface area contributed by atoms with E-state index in [9.17, 15) is 4.79 Å². The van der Waals surface area contributed by atoms with Crippen molar-refractivity contribution in [3.05, 3.63) is 34.3 Å². The highest BCUT2D eigenvalue weighted by Crippen LogP contribution is 2.10. The van der Waals surface area contributed by atoms with Crippen molar-refractivity contribution < 1.29 is 4.79 Å². The van der Waals surface area contributed by atoms with E-state index in [0.717, 1.165) is 11.0 Å². The van der Waals surface area contributed by atoms with Gasteiger partial charge in [-0.3, -0.25) is 4.79 Å². The van der Waals surface area contributed by atoms with Gasteiger partial charge in [-0.1, -0.05) is 29.8 Å². The summed E-state index contributed by atoms with van der Waals surface area (Å²) in [7, 11) is 0. The van der Waals surface area contributed by atoms with Crippen LogP contribution in [0.4, 0.5) is 0 Å². The van der Waals surface area contributed by atoms with Crippen LogP contribution in [-0.2, 0) is 0 Å². The van der Waals surface area contributed by atoms with Gasteiger partial charge < -0.3 is 5.32 Å². The molecule has 1 rings (SSSR count). The molecule has 0 aliphatic carbocycles. The number of rotatable bonds is 3. The topological polar surface area (TPSA) is 29.1 Å².